The SMILES string of the molecule is CCCCN(C(=O)N(C)C)c1ccc(Cl)c(Cl)c1. The molecule has 0 atom stereocenters. The molecule has 1 rings (SSSR count). The van der Waals surface area contributed by atoms with Gasteiger partial charge in [-0.15, -0.1) is 0 Å². The number of nitrogens with zero attached hydrogens (tertiary/aromatic N) is 2. The van der Waals surface area contributed by atoms with E-state index in [0.29, 0.717) is 16.6 Å². The molecule has 0 aliphatic carbocycles. The first-order chi connectivity index (χ1) is 8.47. The molecule has 0 spiro atoms. The van der Waals surface area contributed by atoms with E-state index in [9.17, 15) is 4.79 Å². The van der Waals surface area contributed by atoms with E-state index < -0.39 is 0 Å². The van der Waals surface area contributed by atoms with E-state index in [2.05, 4.69) is 6.92 Å². The number of amides is 2. The lowest BCUT2D eigenvalue weighted by Crippen LogP contribution is -2.39. The smallest absolute Gasteiger partial charge is 0.323 e. The zero-order valence-electron chi connectivity index (χ0n) is 10.9. The summed E-state index contributed by atoms with van der Waals surface area (Å²) in [6, 6.07) is 5.19. The van der Waals surface area contributed by atoms with Gasteiger partial charge in [-0.2, -0.15) is 0 Å². The predicted octanol–water partition coefficient (Wildman–Crippen LogP) is 4.28. The summed E-state index contributed by atoms with van der Waals surface area (Å²) in [5, 5.41) is 0.954. The Hall–Kier alpha value is -0.930. The molecular formula is C13H18Cl2N2O. The fourth-order valence-electron chi connectivity index (χ4n) is 1.55. The molecule has 0 radical (unpaired) electrons. The number of anilines is 1. The normalized spacial score (nSPS) is 10.3. The topological polar surface area (TPSA) is 23.6 Å². The Balaban J connectivity index is 3.01. The number of carbonyl (C=O) groups excluding carboxylic acids is 1. The zero-order chi connectivity index (χ0) is 13.7. The molecule has 1 aromatic carbocycles. The van der Waals surface area contributed by atoms with Crippen molar-refractivity contribution in [3.63, 3.8) is 0 Å². The van der Waals surface area contributed by atoms with Crippen LogP contribution in [0, 0.1) is 0 Å². The summed E-state index contributed by atoms with van der Waals surface area (Å²) in [6.45, 7) is 2.76. The van der Waals surface area contributed by atoms with Gasteiger partial charge in [0.1, 0.15) is 0 Å². The highest BCUT2D eigenvalue weighted by atomic mass is 35.5. The molecule has 2 amide bonds. The average molecular weight is 289 g/mol. The van der Waals surface area contributed by atoms with Crippen molar-refractivity contribution in [2.24, 2.45) is 0 Å². The number of halogens is 2. The number of hydrogen-bond donors (Lipinski definition) is 0. The van der Waals surface area contributed by atoms with Crippen molar-refractivity contribution in [3.05, 3.63) is 28.2 Å². The van der Waals surface area contributed by atoms with Crippen molar-refractivity contribution in [3.8, 4) is 0 Å². The largest absolute Gasteiger partial charge is 0.330 e. The quantitative estimate of drug-likeness (QED) is 0.811. The lowest BCUT2D eigenvalue weighted by molar-refractivity contribution is 0.223. The first-order valence-corrected chi connectivity index (χ1v) is 6.66. The minimum Gasteiger partial charge on any atom is -0.330 e. The summed E-state index contributed by atoms with van der Waals surface area (Å²) in [4.78, 5) is 15.4. The maximum atomic E-state index is 12.1. The molecule has 0 saturated carbocycles. The van der Waals surface area contributed by atoms with Crippen molar-refractivity contribution in [1.29, 1.82) is 0 Å². The van der Waals surface area contributed by atoms with Crippen molar-refractivity contribution >= 4 is 34.9 Å². The van der Waals surface area contributed by atoms with Crippen LogP contribution in [0.2, 0.25) is 10.0 Å². The lowest BCUT2D eigenvalue weighted by Gasteiger charge is -2.26. The molecule has 0 N–H and O–H groups in total. The Labute approximate surface area is 118 Å². The summed E-state index contributed by atoms with van der Waals surface area (Å²) in [7, 11) is 3.47. The van der Waals surface area contributed by atoms with Gasteiger partial charge in [0.05, 0.1) is 10.0 Å². The molecule has 0 aromatic heterocycles. The van der Waals surface area contributed by atoms with E-state index in [1.807, 2.05) is 6.07 Å². The molecule has 0 unspecified atom stereocenters. The van der Waals surface area contributed by atoms with Crippen LogP contribution in [0.3, 0.4) is 0 Å². The summed E-state index contributed by atoms with van der Waals surface area (Å²) >= 11 is 11.9. The predicted molar refractivity (Wildman–Crippen MR) is 77.8 cm³/mol. The van der Waals surface area contributed by atoms with E-state index in [-0.39, 0.29) is 6.03 Å². The third-order valence-corrected chi connectivity index (χ3v) is 3.30. The molecule has 0 bridgehead atoms. The Morgan fingerprint density at radius 3 is 2.39 bits per heavy atom. The molecule has 0 fully saturated rings. The number of carbonyl (C=O) groups is 1. The van der Waals surface area contributed by atoms with E-state index in [1.54, 1.807) is 36.0 Å². The van der Waals surface area contributed by atoms with Gasteiger partial charge in [-0.05, 0) is 24.6 Å². The monoisotopic (exact) mass is 288 g/mol. The van der Waals surface area contributed by atoms with Gasteiger partial charge in [0.15, 0.2) is 0 Å². The highest BCUT2D eigenvalue weighted by Crippen LogP contribution is 2.27. The Bertz CT molecular complexity index is 421. The van der Waals surface area contributed by atoms with Gasteiger partial charge in [-0.3, -0.25) is 4.90 Å². The summed E-state index contributed by atoms with van der Waals surface area (Å²) in [5.74, 6) is 0. The molecule has 5 heteroatoms. The van der Waals surface area contributed by atoms with Gasteiger partial charge in [0.25, 0.3) is 0 Å². The highest BCUT2D eigenvalue weighted by Gasteiger charge is 2.17. The lowest BCUT2D eigenvalue weighted by atomic mass is 10.2. The van der Waals surface area contributed by atoms with Crippen LogP contribution >= 0.6 is 23.2 Å². The van der Waals surface area contributed by atoms with Gasteiger partial charge < -0.3 is 4.90 Å². The Morgan fingerprint density at radius 2 is 1.89 bits per heavy atom. The van der Waals surface area contributed by atoms with Gasteiger partial charge in [-0.1, -0.05) is 36.5 Å². The van der Waals surface area contributed by atoms with E-state index >= 15 is 0 Å². The van der Waals surface area contributed by atoms with Gasteiger partial charge in [-0.25, -0.2) is 4.79 Å². The van der Waals surface area contributed by atoms with Crippen LogP contribution in [0.1, 0.15) is 19.8 Å². The van der Waals surface area contributed by atoms with Crippen LogP contribution in [0.25, 0.3) is 0 Å². The average Bonchev–Trinajstić information content (AvgIpc) is 2.33. The van der Waals surface area contributed by atoms with Crippen LogP contribution in [-0.2, 0) is 0 Å². The number of benzene rings is 1. The molecular weight excluding hydrogens is 271 g/mol. The standard InChI is InChI=1S/C13H18Cl2N2O/c1-4-5-8-17(13(18)16(2)3)10-6-7-11(14)12(15)9-10/h6-7,9H,4-5,8H2,1-3H3. The van der Waals surface area contributed by atoms with Crippen LogP contribution in [0.5, 0.6) is 0 Å². The third-order valence-electron chi connectivity index (χ3n) is 2.56. The second-order valence-electron chi connectivity index (χ2n) is 4.28. The molecule has 1 aromatic rings. The van der Waals surface area contributed by atoms with Gasteiger partial charge >= 0.3 is 6.03 Å². The number of unbranched alkanes of at least 4 members (excludes halogenated alkanes) is 1. The van der Waals surface area contributed by atoms with E-state index in [1.165, 1.54) is 0 Å². The van der Waals surface area contributed by atoms with Gasteiger partial charge in [0.2, 0.25) is 0 Å². The first kappa shape index (κ1) is 15.1. The zero-order valence-corrected chi connectivity index (χ0v) is 12.4. The van der Waals surface area contributed by atoms with Crippen molar-refractivity contribution in [2.45, 2.75) is 19.8 Å². The number of hydrogen-bond acceptors (Lipinski definition) is 1. The fraction of sp³-hybridized carbons (Fsp3) is 0.462. The number of rotatable bonds is 4. The molecule has 3 nitrogen and oxygen atoms in total. The summed E-state index contributed by atoms with van der Waals surface area (Å²) in [6.07, 6.45) is 1.97. The van der Waals surface area contributed by atoms with Crippen molar-refractivity contribution in [1.82, 2.24) is 4.90 Å². The molecule has 0 aliphatic rings. The second-order valence-corrected chi connectivity index (χ2v) is 5.10. The second kappa shape index (κ2) is 6.86. The molecule has 18 heavy (non-hydrogen) atoms. The van der Waals surface area contributed by atoms with E-state index in [0.717, 1.165) is 18.5 Å². The summed E-state index contributed by atoms with van der Waals surface area (Å²) in [5.41, 5.74) is 0.775. The fourth-order valence-corrected chi connectivity index (χ4v) is 1.84. The maximum absolute atomic E-state index is 12.1. The molecule has 0 aliphatic heterocycles. The van der Waals surface area contributed by atoms with Gasteiger partial charge in [0, 0.05) is 26.3 Å². The number of urea groups is 1. The van der Waals surface area contributed by atoms with Crippen molar-refractivity contribution in [2.75, 3.05) is 25.5 Å². The first-order valence-electron chi connectivity index (χ1n) is 5.91. The highest BCUT2D eigenvalue weighted by molar-refractivity contribution is 6.42. The molecule has 0 heterocycles. The minimum absolute atomic E-state index is 0.0539. The minimum atomic E-state index is -0.0539. The Morgan fingerprint density at radius 1 is 1.22 bits per heavy atom. The van der Waals surface area contributed by atoms with Crippen LogP contribution < -0.4 is 4.90 Å². The van der Waals surface area contributed by atoms with Crippen molar-refractivity contribution < 1.29 is 4.79 Å². The third kappa shape index (κ3) is 3.79. The molecule has 0 saturated heterocycles. The van der Waals surface area contributed by atoms with Crippen LogP contribution in [0.4, 0.5) is 10.5 Å². The maximum Gasteiger partial charge on any atom is 0.323 e. The van der Waals surface area contributed by atoms with Crippen LogP contribution in [-0.4, -0.2) is 31.6 Å². The molecule has 100 valence electrons. The van der Waals surface area contributed by atoms with Crippen LogP contribution in [0.15, 0.2) is 18.2 Å². The Kier molecular flexibility index (Phi) is 5.76. The summed E-state index contributed by atoms with van der Waals surface area (Å²) < 4.78 is 0. The van der Waals surface area contributed by atoms with E-state index in [4.69, 9.17) is 23.2 Å².